The number of nitrogens with one attached hydrogen (secondary N) is 1. The first kappa shape index (κ1) is 17.9. The summed E-state index contributed by atoms with van der Waals surface area (Å²) in [6.45, 7) is 3.65. The molecule has 26 heavy (non-hydrogen) atoms. The van der Waals surface area contributed by atoms with Gasteiger partial charge in [0.1, 0.15) is 16.9 Å². The van der Waals surface area contributed by atoms with Crippen LogP contribution in [0.4, 0.5) is 11.4 Å². The summed E-state index contributed by atoms with van der Waals surface area (Å²) in [6, 6.07) is 8.48. The Morgan fingerprint density at radius 3 is 2.69 bits per heavy atom. The van der Waals surface area contributed by atoms with Crippen LogP contribution in [0.2, 0.25) is 5.02 Å². The largest absolute Gasteiger partial charge is 0.487 e. The van der Waals surface area contributed by atoms with Gasteiger partial charge in [0.25, 0.3) is 11.6 Å². The summed E-state index contributed by atoms with van der Waals surface area (Å²) in [5, 5.41) is 13.9. The molecule has 1 N–H and O–H groups in total. The molecular weight excluding hydrogens is 360 g/mol. The number of hydrogen-bond donors (Lipinski definition) is 1. The Balaban J connectivity index is 1.89. The van der Waals surface area contributed by atoms with E-state index in [1.807, 2.05) is 13.8 Å². The Morgan fingerprint density at radius 1 is 1.27 bits per heavy atom. The highest BCUT2D eigenvalue weighted by Gasteiger charge is 2.32. The normalized spacial score (nSPS) is 15.0. The molecule has 2 aromatic rings. The quantitative estimate of drug-likeness (QED) is 0.639. The first-order valence-electron chi connectivity index (χ1n) is 7.78. The number of nitrogens with zero attached hydrogens (tertiary/aromatic N) is 1. The first-order chi connectivity index (χ1) is 12.2. The van der Waals surface area contributed by atoms with E-state index in [-0.39, 0.29) is 22.8 Å². The lowest BCUT2D eigenvalue weighted by atomic mass is 9.93. The van der Waals surface area contributed by atoms with E-state index < -0.39 is 22.1 Å². The molecule has 1 heterocycles. The van der Waals surface area contributed by atoms with E-state index >= 15 is 0 Å². The van der Waals surface area contributed by atoms with Gasteiger partial charge in [-0.3, -0.25) is 19.7 Å². The zero-order chi connectivity index (χ0) is 19.1. The number of halogens is 1. The van der Waals surface area contributed by atoms with Crippen LogP contribution in [0, 0.1) is 10.1 Å². The molecule has 2 aromatic carbocycles. The Morgan fingerprint density at radius 2 is 2.00 bits per heavy atom. The lowest BCUT2D eigenvalue weighted by molar-refractivity contribution is -0.385. The Labute approximate surface area is 154 Å². The molecule has 1 amide bonds. The molecule has 0 atom stereocenters. The summed E-state index contributed by atoms with van der Waals surface area (Å²) in [6.07, 6.45) is 0.222. The van der Waals surface area contributed by atoms with E-state index in [4.69, 9.17) is 16.3 Å². The fourth-order valence-electron chi connectivity index (χ4n) is 2.78. The van der Waals surface area contributed by atoms with Crippen LogP contribution in [0.15, 0.2) is 36.4 Å². The summed E-state index contributed by atoms with van der Waals surface area (Å²) in [7, 11) is 0. The van der Waals surface area contributed by atoms with Gasteiger partial charge < -0.3 is 10.1 Å². The summed E-state index contributed by atoms with van der Waals surface area (Å²) in [5.41, 5.74) is -0.393. The minimum atomic E-state index is -0.674. The maximum Gasteiger partial charge on any atom is 0.283 e. The highest BCUT2D eigenvalue weighted by Crippen LogP contribution is 2.34. The zero-order valence-corrected chi connectivity index (χ0v) is 14.8. The molecule has 1 aliphatic heterocycles. The second-order valence-corrected chi connectivity index (χ2v) is 6.98. The van der Waals surface area contributed by atoms with E-state index in [1.54, 1.807) is 12.1 Å². The van der Waals surface area contributed by atoms with Crippen molar-refractivity contribution in [1.82, 2.24) is 0 Å². The summed E-state index contributed by atoms with van der Waals surface area (Å²) in [5.74, 6) is -0.315. The number of amides is 1. The maximum absolute atomic E-state index is 12.4. The van der Waals surface area contributed by atoms with Crippen LogP contribution in [0.25, 0.3) is 0 Å². The molecule has 0 aromatic heterocycles. The van der Waals surface area contributed by atoms with Crippen molar-refractivity contribution in [3.63, 3.8) is 0 Å². The van der Waals surface area contributed by atoms with E-state index in [0.717, 1.165) is 6.07 Å². The van der Waals surface area contributed by atoms with Crippen molar-refractivity contribution in [2.24, 2.45) is 0 Å². The second kappa shape index (κ2) is 6.42. The van der Waals surface area contributed by atoms with Crippen LogP contribution in [-0.2, 0) is 0 Å². The van der Waals surface area contributed by atoms with Crippen molar-refractivity contribution < 1.29 is 19.2 Å². The highest BCUT2D eigenvalue weighted by atomic mass is 35.5. The highest BCUT2D eigenvalue weighted by molar-refractivity contribution is 6.31. The molecule has 3 rings (SSSR count). The fourth-order valence-corrected chi connectivity index (χ4v) is 2.94. The van der Waals surface area contributed by atoms with Crippen LogP contribution in [0.1, 0.15) is 41.0 Å². The van der Waals surface area contributed by atoms with E-state index in [2.05, 4.69) is 5.32 Å². The molecule has 0 fully saturated rings. The monoisotopic (exact) mass is 374 g/mol. The van der Waals surface area contributed by atoms with Crippen molar-refractivity contribution in [1.29, 1.82) is 0 Å². The molecule has 1 aliphatic rings. The number of Topliss-reactive ketones (excluding diaryl/α,β-unsaturated/α-hetero) is 1. The molecule has 134 valence electrons. The topological polar surface area (TPSA) is 98.5 Å². The van der Waals surface area contributed by atoms with Gasteiger partial charge in [0, 0.05) is 16.8 Å². The van der Waals surface area contributed by atoms with Gasteiger partial charge in [-0.1, -0.05) is 11.6 Å². The van der Waals surface area contributed by atoms with Crippen molar-refractivity contribution in [2.45, 2.75) is 25.9 Å². The molecular formula is C18H15ClN2O5. The van der Waals surface area contributed by atoms with Gasteiger partial charge in [-0.15, -0.1) is 0 Å². The minimum Gasteiger partial charge on any atom is -0.487 e. The van der Waals surface area contributed by atoms with Gasteiger partial charge in [-0.25, -0.2) is 0 Å². The van der Waals surface area contributed by atoms with Crippen LogP contribution < -0.4 is 10.1 Å². The number of carbonyl (C=O) groups is 2. The number of ketones is 1. The smallest absolute Gasteiger partial charge is 0.283 e. The van der Waals surface area contributed by atoms with E-state index in [1.165, 1.54) is 18.2 Å². The Kier molecular flexibility index (Phi) is 4.41. The van der Waals surface area contributed by atoms with Crippen LogP contribution >= 0.6 is 11.6 Å². The van der Waals surface area contributed by atoms with Crippen molar-refractivity contribution in [2.75, 3.05) is 5.32 Å². The molecule has 0 saturated carbocycles. The predicted molar refractivity (Wildman–Crippen MR) is 96.2 cm³/mol. The maximum atomic E-state index is 12.4. The summed E-state index contributed by atoms with van der Waals surface area (Å²) < 4.78 is 5.76. The van der Waals surface area contributed by atoms with Crippen LogP contribution in [0.3, 0.4) is 0 Å². The molecule has 0 saturated heterocycles. The Bertz CT molecular complexity index is 939. The molecule has 0 spiro atoms. The minimum absolute atomic E-state index is 0.0928. The van der Waals surface area contributed by atoms with Crippen molar-refractivity contribution in [3.05, 3.63) is 62.7 Å². The zero-order valence-electron chi connectivity index (χ0n) is 14.0. The number of carbonyl (C=O) groups excluding carboxylic acids is 2. The molecule has 0 unspecified atom stereocenters. The number of nitro benzene ring substituents is 1. The van der Waals surface area contributed by atoms with E-state index in [0.29, 0.717) is 17.0 Å². The van der Waals surface area contributed by atoms with Gasteiger partial charge in [-0.2, -0.15) is 0 Å². The average molecular weight is 375 g/mol. The summed E-state index contributed by atoms with van der Waals surface area (Å²) >= 11 is 5.76. The van der Waals surface area contributed by atoms with E-state index in [9.17, 15) is 19.7 Å². The number of benzene rings is 2. The lowest BCUT2D eigenvalue weighted by Gasteiger charge is -2.31. The number of anilines is 1. The summed E-state index contributed by atoms with van der Waals surface area (Å²) in [4.78, 5) is 35.2. The number of nitro groups is 1. The standard InChI is InChI=1S/C18H15ClN2O5/c1-18(2)9-15(22)13-8-11(4-6-16(13)26-18)20-17(23)12-5-3-10(19)7-14(12)21(24)25/h3-8H,9H2,1-2H3,(H,20,23). The first-order valence-corrected chi connectivity index (χ1v) is 8.16. The number of fused-ring (bicyclic) bond motifs is 1. The molecule has 0 bridgehead atoms. The number of ether oxygens (including phenoxy) is 1. The molecule has 0 aliphatic carbocycles. The predicted octanol–water partition coefficient (Wildman–Crippen LogP) is 4.24. The van der Waals surface area contributed by atoms with Gasteiger partial charge in [0.2, 0.25) is 0 Å². The SMILES string of the molecule is CC1(C)CC(=O)c2cc(NC(=O)c3ccc(Cl)cc3[N+](=O)[O-])ccc2O1. The van der Waals surface area contributed by atoms with Gasteiger partial charge in [-0.05, 0) is 44.2 Å². The molecule has 8 heteroatoms. The third-order valence-electron chi connectivity index (χ3n) is 3.91. The van der Waals surface area contributed by atoms with Gasteiger partial charge >= 0.3 is 0 Å². The third kappa shape index (κ3) is 3.52. The van der Waals surface area contributed by atoms with Crippen LogP contribution in [-0.4, -0.2) is 22.2 Å². The molecule has 7 nitrogen and oxygen atoms in total. The van der Waals surface area contributed by atoms with Crippen molar-refractivity contribution >= 4 is 34.7 Å². The lowest BCUT2D eigenvalue weighted by Crippen LogP contribution is -2.35. The number of rotatable bonds is 3. The molecule has 0 radical (unpaired) electrons. The fraction of sp³-hybridized carbons (Fsp3) is 0.222. The average Bonchev–Trinajstić information content (AvgIpc) is 2.54. The second-order valence-electron chi connectivity index (χ2n) is 6.55. The van der Waals surface area contributed by atoms with Gasteiger partial charge in [0.15, 0.2) is 5.78 Å². The van der Waals surface area contributed by atoms with Crippen LogP contribution in [0.5, 0.6) is 5.75 Å². The van der Waals surface area contributed by atoms with Crippen molar-refractivity contribution in [3.8, 4) is 5.75 Å². The third-order valence-corrected chi connectivity index (χ3v) is 4.15. The Hall–Kier alpha value is -2.93. The van der Waals surface area contributed by atoms with Gasteiger partial charge in [0.05, 0.1) is 16.9 Å². The number of hydrogen-bond acceptors (Lipinski definition) is 5.